The summed E-state index contributed by atoms with van der Waals surface area (Å²) in [6.07, 6.45) is 3.62. The third kappa shape index (κ3) is 2.92. The summed E-state index contributed by atoms with van der Waals surface area (Å²) in [5, 5.41) is 0. The summed E-state index contributed by atoms with van der Waals surface area (Å²) >= 11 is 5.04. The zero-order valence-electron chi connectivity index (χ0n) is 9.81. The van der Waals surface area contributed by atoms with Crippen LogP contribution in [0.15, 0.2) is 12.3 Å². The minimum atomic E-state index is 0.145. The van der Waals surface area contributed by atoms with Crippen molar-refractivity contribution < 1.29 is 9.47 Å². The molecule has 0 aromatic carbocycles. The Bertz CT molecular complexity index is 417. The molecular formula is C12H16N2O2S. The zero-order valence-corrected chi connectivity index (χ0v) is 10.6. The lowest BCUT2D eigenvalue weighted by Crippen LogP contribution is -2.27. The lowest BCUT2D eigenvalue weighted by atomic mass is 10.1. The second-order valence-corrected chi connectivity index (χ2v) is 4.54. The Hall–Kier alpha value is -1.20. The second kappa shape index (κ2) is 5.42. The van der Waals surface area contributed by atoms with E-state index in [1.807, 2.05) is 13.0 Å². The van der Waals surface area contributed by atoms with E-state index in [2.05, 4.69) is 4.98 Å². The summed E-state index contributed by atoms with van der Waals surface area (Å²) in [7, 11) is 0. The normalized spacial score (nSPS) is 16.8. The van der Waals surface area contributed by atoms with E-state index in [9.17, 15) is 0 Å². The van der Waals surface area contributed by atoms with Gasteiger partial charge in [0.05, 0.1) is 18.8 Å². The van der Waals surface area contributed by atoms with E-state index in [1.54, 1.807) is 6.20 Å². The maximum atomic E-state index is 5.87. The molecule has 1 fully saturated rings. The highest BCUT2D eigenvalue weighted by Crippen LogP contribution is 2.22. The third-order valence-electron chi connectivity index (χ3n) is 2.82. The van der Waals surface area contributed by atoms with E-state index < -0.39 is 0 Å². The van der Waals surface area contributed by atoms with Gasteiger partial charge in [0.15, 0.2) is 0 Å². The first-order valence-corrected chi connectivity index (χ1v) is 6.09. The van der Waals surface area contributed by atoms with E-state index in [0.29, 0.717) is 10.9 Å². The van der Waals surface area contributed by atoms with Crippen LogP contribution in [-0.4, -0.2) is 29.3 Å². The Kier molecular flexibility index (Phi) is 3.91. The van der Waals surface area contributed by atoms with Crippen LogP contribution in [0.1, 0.15) is 24.0 Å². The fourth-order valence-electron chi connectivity index (χ4n) is 1.87. The van der Waals surface area contributed by atoms with Crippen LogP contribution in [0.4, 0.5) is 0 Å². The molecule has 5 heteroatoms. The molecule has 17 heavy (non-hydrogen) atoms. The molecule has 0 atom stereocenters. The van der Waals surface area contributed by atoms with Crippen LogP contribution in [-0.2, 0) is 4.74 Å². The molecule has 2 rings (SSSR count). The van der Waals surface area contributed by atoms with Crippen LogP contribution in [0.25, 0.3) is 0 Å². The highest BCUT2D eigenvalue weighted by atomic mass is 32.1. The molecular weight excluding hydrogens is 236 g/mol. The van der Waals surface area contributed by atoms with Crippen molar-refractivity contribution in [3.05, 3.63) is 23.4 Å². The van der Waals surface area contributed by atoms with Gasteiger partial charge in [0.25, 0.3) is 0 Å². The summed E-state index contributed by atoms with van der Waals surface area (Å²) in [6.45, 7) is 3.42. The topological polar surface area (TPSA) is 57.4 Å². The van der Waals surface area contributed by atoms with E-state index in [-0.39, 0.29) is 6.10 Å². The van der Waals surface area contributed by atoms with Crippen molar-refractivity contribution >= 4 is 17.2 Å². The van der Waals surface area contributed by atoms with Gasteiger partial charge in [-0.2, -0.15) is 0 Å². The zero-order chi connectivity index (χ0) is 12.3. The molecule has 1 aliphatic rings. The quantitative estimate of drug-likeness (QED) is 0.828. The van der Waals surface area contributed by atoms with Gasteiger partial charge in [0, 0.05) is 19.0 Å². The Morgan fingerprint density at radius 1 is 1.53 bits per heavy atom. The van der Waals surface area contributed by atoms with Gasteiger partial charge < -0.3 is 15.2 Å². The molecule has 2 heterocycles. The summed E-state index contributed by atoms with van der Waals surface area (Å²) < 4.78 is 11.2. The Labute approximate surface area is 106 Å². The summed E-state index contributed by atoms with van der Waals surface area (Å²) in [4.78, 5) is 4.56. The standard InChI is InChI=1S/C12H16N2O2S/c1-8-2-5-14-12(10(8)11(13)17)16-9-3-6-15-7-4-9/h2,5,9H,3-4,6-7H2,1H3,(H2,13,17). The Morgan fingerprint density at radius 3 is 2.88 bits per heavy atom. The van der Waals surface area contributed by atoms with Gasteiger partial charge in [-0.05, 0) is 18.6 Å². The van der Waals surface area contributed by atoms with Crippen molar-refractivity contribution in [1.29, 1.82) is 0 Å². The van der Waals surface area contributed by atoms with Crippen molar-refractivity contribution in [2.45, 2.75) is 25.9 Å². The molecule has 0 spiro atoms. The van der Waals surface area contributed by atoms with Gasteiger partial charge in [0.1, 0.15) is 11.1 Å². The fraction of sp³-hybridized carbons (Fsp3) is 0.500. The molecule has 2 N–H and O–H groups in total. The summed E-state index contributed by atoms with van der Waals surface area (Å²) in [6, 6.07) is 1.88. The highest BCUT2D eigenvalue weighted by molar-refractivity contribution is 7.80. The van der Waals surface area contributed by atoms with Crippen LogP contribution >= 0.6 is 12.2 Å². The summed E-state index contributed by atoms with van der Waals surface area (Å²) in [5.41, 5.74) is 7.45. The van der Waals surface area contributed by atoms with Gasteiger partial charge in [0.2, 0.25) is 5.88 Å². The molecule has 0 radical (unpaired) electrons. The van der Waals surface area contributed by atoms with E-state index in [0.717, 1.165) is 37.2 Å². The highest BCUT2D eigenvalue weighted by Gasteiger charge is 2.19. The van der Waals surface area contributed by atoms with E-state index in [1.165, 1.54) is 0 Å². The SMILES string of the molecule is Cc1ccnc(OC2CCOCC2)c1C(N)=S. The van der Waals surface area contributed by atoms with E-state index >= 15 is 0 Å². The molecule has 1 aliphatic heterocycles. The number of hydrogen-bond donors (Lipinski definition) is 1. The maximum absolute atomic E-state index is 5.87. The molecule has 1 aromatic rings. The largest absolute Gasteiger partial charge is 0.474 e. The number of pyridine rings is 1. The van der Waals surface area contributed by atoms with Crippen LogP contribution in [0, 0.1) is 6.92 Å². The van der Waals surface area contributed by atoms with Crippen LogP contribution in [0.3, 0.4) is 0 Å². The first-order chi connectivity index (χ1) is 8.18. The van der Waals surface area contributed by atoms with E-state index in [4.69, 9.17) is 27.4 Å². The van der Waals surface area contributed by atoms with Gasteiger partial charge in [-0.15, -0.1) is 0 Å². The minimum Gasteiger partial charge on any atom is -0.474 e. The summed E-state index contributed by atoms with van der Waals surface area (Å²) in [5.74, 6) is 0.546. The van der Waals surface area contributed by atoms with Crippen molar-refractivity contribution in [3.8, 4) is 5.88 Å². The molecule has 1 saturated heterocycles. The van der Waals surface area contributed by atoms with Gasteiger partial charge >= 0.3 is 0 Å². The van der Waals surface area contributed by atoms with Gasteiger partial charge in [-0.3, -0.25) is 0 Å². The van der Waals surface area contributed by atoms with Gasteiger partial charge in [-0.1, -0.05) is 12.2 Å². The number of hydrogen-bond acceptors (Lipinski definition) is 4. The van der Waals surface area contributed by atoms with Crippen molar-refractivity contribution in [1.82, 2.24) is 4.98 Å². The average molecular weight is 252 g/mol. The molecule has 0 saturated carbocycles. The predicted octanol–water partition coefficient (Wildman–Crippen LogP) is 1.58. The molecule has 0 amide bonds. The van der Waals surface area contributed by atoms with Crippen molar-refractivity contribution in [2.24, 2.45) is 5.73 Å². The molecule has 0 unspecified atom stereocenters. The molecule has 4 nitrogen and oxygen atoms in total. The Morgan fingerprint density at radius 2 is 2.24 bits per heavy atom. The first-order valence-electron chi connectivity index (χ1n) is 5.68. The van der Waals surface area contributed by atoms with Crippen LogP contribution in [0.5, 0.6) is 5.88 Å². The minimum absolute atomic E-state index is 0.145. The fourth-order valence-corrected chi connectivity index (χ4v) is 2.12. The number of rotatable bonds is 3. The molecule has 0 aliphatic carbocycles. The number of aromatic nitrogens is 1. The maximum Gasteiger partial charge on any atom is 0.224 e. The van der Waals surface area contributed by atoms with Crippen LogP contribution in [0.2, 0.25) is 0 Å². The van der Waals surface area contributed by atoms with Crippen LogP contribution < -0.4 is 10.5 Å². The number of nitrogens with zero attached hydrogens (tertiary/aromatic N) is 1. The molecule has 0 bridgehead atoms. The predicted molar refractivity (Wildman–Crippen MR) is 69.3 cm³/mol. The van der Waals surface area contributed by atoms with Gasteiger partial charge in [-0.25, -0.2) is 4.98 Å². The monoisotopic (exact) mass is 252 g/mol. The molecule has 1 aromatic heterocycles. The second-order valence-electron chi connectivity index (χ2n) is 4.10. The lowest BCUT2D eigenvalue weighted by molar-refractivity contribution is 0.0236. The number of aryl methyl sites for hydroxylation is 1. The molecule has 92 valence electrons. The Balaban J connectivity index is 2.19. The van der Waals surface area contributed by atoms with Crippen molar-refractivity contribution in [2.75, 3.05) is 13.2 Å². The third-order valence-corrected chi connectivity index (χ3v) is 3.02. The number of thiocarbonyl (C=S) groups is 1. The smallest absolute Gasteiger partial charge is 0.224 e. The first kappa shape index (κ1) is 12.3. The number of nitrogens with two attached hydrogens (primary N) is 1. The lowest BCUT2D eigenvalue weighted by Gasteiger charge is -2.24. The van der Waals surface area contributed by atoms with Crippen molar-refractivity contribution in [3.63, 3.8) is 0 Å². The average Bonchev–Trinajstić information content (AvgIpc) is 2.30. The number of ether oxygens (including phenoxy) is 2.